The van der Waals surface area contributed by atoms with Gasteiger partial charge < -0.3 is 0 Å². The molecule has 4 nitrogen and oxygen atoms in total. The topological polar surface area (TPSA) is 72.2 Å². The molecule has 2 aromatic rings. The molecular formula is C16H20N2O2S. The molecule has 1 unspecified atom stereocenters. The molecule has 2 rings (SSSR count). The zero-order valence-corrected chi connectivity index (χ0v) is 13.0. The van der Waals surface area contributed by atoms with Crippen LogP contribution in [0.2, 0.25) is 0 Å². The van der Waals surface area contributed by atoms with Gasteiger partial charge in [0.1, 0.15) is 0 Å². The van der Waals surface area contributed by atoms with Crippen molar-refractivity contribution in [3.63, 3.8) is 0 Å². The van der Waals surface area contributed by atoms with Gasteiger partial charge in [-0.3, -0.25) is 11.3 Å². The summed E-state index contributed by atoms with van der Waals surface area (Å²) < 4.78 is 23.0. The van der Waals surface area contributed by atoms with Crippen molar-refractivity contribution < 1.29 is 8.42 Å². The quantitative estimate of drug-likeness (QED) is 0.656. The number of nitrogens with two attached hydrogens (primary N) is 1. The molecule has 0 aromatic heterocycles. The van der Waals surface area contributed by atoms with Crippen molar-refractivity contribution >= 4 is 9.84 Å². The highest BCUT2D eigenvalue weighted by molar-refractivity contribution is 7.90. The van der Waals surface area contributed by atoms with Crippen LogP contribution in [0.1, 0.15) is 22.7 Å². The van der Waals surface area contributed by atoms with Gasteiger partial charge in [0.2, 0.25) is 0 Å². The van der Waals surface area contributed by atoms with Crippen LogP contribution in [0.5, 0.6) is 0 Å². The van der Waals surface area contributed by atoms with Crippen LogP contribution in [0.15, 0.2) is 53.4 Å². The van der Waals surface area contributed by atoms with E-state index in [9.17, 15) is 8.42 Å². The van der Waals surface area contributed by atoms with E-state index in [2.05, 4.69) is 24.5 Å². The molecule has 0 bridgehead atoms. The molecule has 112 valence electrons. The molecule has 0 heterocycles. The Morgan fingerprint density at radius 1 is 1.10 bits per heavy atom. The van der Waals surface area contributed by atoms with E-state index in [-0.39, 0.29) is 6.04 Å². The maximum absolute atomic E-state index is 11.5. The van der Waals surface area contributed by atoms with Crippen LogP contribution in [0.3, 0.4) is 0 Å². The van der Waals surface area contributed by atoms with Gasteiger partial charge in [0, 0.05) is 12.3 Å². The van der Waals surface area contributed by atoms with Crippen molar-refractivity contribution in [3.05, 3.63) is 65.2 Å². The number of hydrogen-bond donors (Lipinski definition) is 2. The Kier molecular flexibility index (Phi) is 4.77. The Bertz CT molecular complexity index is 709. The average molecular weight is 304 g/mol. The lowest BCUT2D eigenvalue weighted by Gasteiger charge is -2.18. The number of hydrogen-bond acceptors (Lipinski definition) is 4. The summed E-state index contributed by atoms with van der Waals surface area (Å²) in [5.74, 6) is 5.66. The van der Waals surface area contributed by atoms with Crippen LogP contribution >= 0.6 is 0 Å². The fraction of sp³-hybridized carbons (Fsp3) is 0.250. The van der Waals surface area contributed by atoms with E-state index in [4.69, 9.17) is 5.84 Å². The Labute approximate surface area is 125 Å². The van der Waals surface area contributed by atoms with Crippen LogP contribution in [-0.4, -0.2) is 14.7 Å². The van der Waals surface area contributed by atoms with E-state index in [1.807, 2.05) is 12.1 Å². The van der Waals surface area contributed by atoms with E-state index in [0.717, 1.165) is 12.0 Å². The second-order valence-corrected chi connectivity index (χ2v) is 7.21. The van der Waals surface area contributed by atoms with Gasteiger partial charge in [0.25, 0.3) is 0 Å². The molecular weight excluding hydrogens is 284 g/mol. The standard InChI is InChI=1S/C16H20N2O2S/c1-12-5-3-4-6-14(12)11-16(18-17)13-7-9-15(10-8-13)21(2,19)20/h3-10,16,18H,11,17H2,1-2H3. The smallest absolute Gasteiger partial charge is 0.175 e. The van der Waals surface area contributed by atoms with Gasteiger partial charge >= 0.3 is 0 Å². The molecule has 0 saturated heterocycles. The minimum Gasteiger partial charge on any atom is -0.271 e. The van der Waals surface area contributed by atoms with Crippen LogP contribution in [0.4, 0.5) is 0 Å². The number of sulfone groups is 1. The molecule has 0 aliphatic carbocycles. The molecule has 0 aliphatic heterocycles. The number of rotatable bonds is 5. The number of nitrogens with one attached hydrogen (secondary N) is 1. The lowest BCUT2D eigenvalue weighted by Crippen LogP contribution is -2.29. The summed E-state index contributed by atoms with van der Waals surface area (Å²) in [6.07, 6.45) is 1.95. The first-order valence-electron chi connectivity index (χ1n) is 6.72. The summed E-state index contributed by atoms with van der Waals surface area (Å²) in [6, 6.07) is 14.9. The number of benzene rings is 2. The van der Waals surface area contributed by atoms with Gasteiger partial charge in [-0.15, -0.1) is 0 Å². The van der Waals surface area contributed by atoms with Crippen molar-refractivity contribution in [1.82, 2.24) is 5.43 Å². The van der Waals surface area contributed by atoms with Gasteiger partial charge in [-0.1, -0.05) is 36.4 Å². The predicted octanol–water partition coefficient (Wildman–Crippen LogP) is 2.15. The van der Waals surface area contributed by atoms with Crippen LogP contribution in [0, 0.1) is 6.92 Å². The molecule has 1 atom stereocenters. The second-order valence-electron chi connectivity index (χ2n) is 5.19. The highest BCUT2D eigenvalue weighted by Gasteiger charge is 2.13. The van der Waals surface area contributed by atoms with Crippen molar-refractivity contribution in [2.45, 2.75) is 24.3 Å². The van der Waals surface area contributed by atoms with Gasteiger partial charge in [-0.05, 0) is 42.2 Å². The van der Waals surface area contributed by atoms with Gasteiger partial charge in [0.05, 0.1) is 4.90 Å². The lowest BCUT2D eigenvalue weighted by molar-refractivity contribution is 0.550. The third kappa shape index (κ3) is 3.91. The molecule has 5 heteroatoms. The molecule has 0 aliphatic rings. The van der Waals surface area contributed by atoms with E-state index in [0.29, 0.717) is 4.90 Å². The third-order valence-corrected chi connectivity index (χ3v) is 4.73. The summed E-state index contributed by atoms with van der Waals surface area (Å²) in [6.45, 7) is 2.07. The molecule has 3 N–H and O–H groups in total. The SMILES string of the molecule is Cc1ccccc1CC(NN)c1ccc(S(C)(=O)=O)cc1. The van der Waals surface area contributed by atoms with Gasteiger partial charge in [-0.2, -0.15) is 0 Å². The fourth-order valence-corrected chi connectivity index (χ4v) is 2.91. The highest BCUT2D eigenvalue weighted by atomic mass is 32.2. The summed E-state index contributed by atoms with van der Waals surface area (Å²) in [5, 5.41) is 0. The van der Waals surface area contributed by atoms with Gasteiger partial charge in [-0.25, -0.2) is 8.42 Å². The summed E-state index contributed by atoms with van der Waals surface area (Å²) >= 11 is 0. The Morgan fingerprint density at radius 2 is 1.71 bits per heavy atom. The minimum atomic E-state index is -3.17. The zero-order chi connectivity index (χ0) is 15.5. The predicted molar refractivity (Wildman–Crippen MR) is 84.5 cm³/mol. The number of hydrazine groups is 1. The molecule has 0 fully saturated rings. The maximum Gasteiger partial charge on any atom is 0.175 e. The van der Waals surface area contributed by atoms with E-state index in [1.54, 1.807) is 24.3 Å². The summed E-state index contributed by atoms with van der Waals surface area (Å²) in [5.41, 5.74) is 6.20. The van der Waals surface area contributed by atoms with E-state index >= 15 is 0 Å². The van der Waals surface area contributed by atoms with E-state index in [1.165, 1.54) is 17.4 Å². The van der Waals surface area contributed by atoms with Gasteiger partial charge in [0.15, 0.2) is 9.84 Å². The molecule has 0 radical (unpaired) electrons. The molecule has 0 amide bonds. The summed E-state index contributed by atoms with van der Waals surface area (Å²) in [4.78, 5) is 0.318. The largest absolute Gasteiger partial charge is 0.271 e. The fourth-order valence-electron chi connectivity index (χ4n) is 2.28. The molecule has 2 aromatic carbocycles. The normalized spacial score (nSPS) is 13.1. The first kappa shape index (κ1) is 15.7. The monoisotopic (exact) mass is 304 g/mol. The number of aryl methyl sites for hydroxylation is 1. The minimum absolute atomic E-state index is 0.0558. The van der Waals surface area contributed by atoms with Crippen LogP contribution in [-0.2, 0) is 16.3 Å². The van der Waals surface area contributed by atoms with Crippen LogP contribution < -0.4 is 11.3 Å². The van der Waals surface area contributed by atoms with Crippen LogP contribution in [0.25, 0.3) is 0 Å². The second kappa shape index (κ2) is 6.39. The molecule has 0 spiro atoms. The first-order chi connectivity index (χ1) is 9.91. The van der Waals surface area contributed by atoms with Crippen molar-refractivity contribution in [1.29, 1.82) is 0 Å². The van der Waals surface area contributed by atoms with Crippen molar-refractivity contribution in [3.8, 4) is 0 Å². The molecule has 0 saturated carbocycles. The maximum atomic E-state index is 11.5. The lowest BCUT2D eigenvalue weighted by atomic mass is 9.97. The Hall–Kier alpha value is -1.69. The van der Waals surface area contributed by atoms with E-state index < -0.39 is 9.84 Å². The summed E-state index contributed by atoms with van der Waals surface area (Å²) in [7, 11) is -3.17. The van der Waals surface area contributed by atoms with Crippen molar-refractivity contribution in [2.24, 2.45) is 5.84 Å². The Morgan fingerprint density at radius 3 is 2.24 bits per heavy atom. The highest BCUT2D eigenvalue weighted by Crippen LogP contribution is 2.21. The molecule has 21 heavy (non-hydrogen) atoms. The first-order valence-corrected chi connectivity index (χ1v) is 8.61. The average Bonchev–Trinajstić information content (AvgIpc) is 2.46. The zero-order valence-electron chi connectivity index (χ0n) is 12.2. The Balaban J connectivity index is 2.24. The van der Waals surface area contributed by atoms with Crippen molar-refractivity contribution in [2.75, 3.05) is 6.26 Å². The third-order valence-electron chi connectivity index (χ3n) is 3.60.